The molecular weight excluding hydrogens is 354 g/mol. The summed E-state index contributed by atoms with van der Waals surface area (Å²) in [5.41, 5.74) is 2.39. The van der Waals surface area contributed by atoms with Gasteiger partial charge in [0.2, 0.25) is 0 Å². The molecule has 0 aromatic heterocycles. The summed E-state index contributed by atoms with van der Waals surface area (Å²) in [5, 5.41) is 9.92. The van der Waals surface area contributed by atoms with E-state index in [1.165, 1.54) is 7.11 Å². The van der Waals surface area contributed by atoms with Crippen molar-refractivity contribution in [2.75, 3.05) is 13.7 Å². The molecule has 0 unspecified atom stereocenters. The molecule has 144 valence electrons. The highest BCUT2D eigenvalue weighted by molar-refractivity contribution is 6.32. The molecule has 2 aliphatic rings. The average molecular weight is 377 g/mol. The Bertz CT molecular complexity index is 922. The summed E-state index contributed by atoms with van der Waals surface area (Å²) in [5.74, 6) is -0.496. The van der Waals surface area contributed by atoms with Crippen molar-refractivity contribution in [2.45, 2.75) is 30.8 Å². The summed E-state index contributed by atoms with van der Waals surface area (Å²) in [4.78, 5) is 27.7. The highest BCUT2D eigenvalue weighted by atomic mass is 16.5. The zero-order valence-electron chi connectivity index (χ0n) is 15.8. The lowest BCUT2D eigenvalue weighted by Crippen LogP contribution is -2.49. The third-order valence-corrected chi connectivity index (χ3v) is 5.87. The first kappa shape index (κ1) is 18.4. The third kappa shape index (κ3) is 2.74. The van der Waals surface area contributed by atoms with Crippen LogP contribution in [0, 0.1) is 0 Å². The van der Waals surface area contributed by atoms with Gasteiger partial charge in [-0.3, -0.25) is 9.59 Å². The highest BCUT2D eigenvalue weighted by Gasteiger charge is 2.58. The predicted octanol–water partition coefficient (Wildman–Crippen LogP) is 2.90. The van der Waals surface area contributed by atoms with Gasteiger partial charge in [0.05, 0.1) is 37.3 Å². The lowest BCUT2D eigenvalue weighted by Gasteiger charge is -2.36. The van der Waals surface area contributed by atoms with Crippen molar-refractivity contribution in [2.24, 2.45) is 0 Å². The monoisotopic (exact) mass is 377 g/mol. The van der Waals surface area contributed by atoms with Crippen LogP contribution in [0.25, 0.3) is 11.1 Å². The van der Waals surface area contributed by atoms with Crippen LogP contribution < -0.4 is 0 Å². The van der Waals surface area contributed by atoms with Gasteiger partial charge in [0, 0.05) is 0 Å². The summed E-state index contributed by atoms with van der Waals surface area (Å²) < 4.78 is 4.98. The third-order valence-electron chi connectivity index (χ3n) is 5.87. The van der Waals surface area contributed by atoms with Gasteiger partial charge >= 0.3 is 5.97 Å². The van der Waals surface area contributed by atoms with E-state index < -0.39 is 5.54 Å². The Balaban J connectivity index is 1.99. The van der Waals surface area contributed by atoms with Gasteiger partial charge in [-0.1, -0.05) is 60.7 Å². The second-order valence-electron chi connectivity index (χ2n) is 7.32. The van der Waals surface area contributed by atoms with Crippen LogP contribution in [-0.4, -0.2) is 47.2 Å². The van der Waals surface area contributed by atoms with Gasteiger partial charge in [-0.05, 0) is 29.5 Å². The van der Waals surface area contributed by atoms with Gasteiger partial charge in [-0.25, -0.2) is 0 Å². The minimum absolute atomic E-state index is 0.0757. The Hall–Kier alpha value is -2.92. The molecule has 4 rings (SSSR count). The minimum atomic E-state index is -0.801. The zero-order chi connectivity index (χ0) is 19.7. The molecule has 0 saturated carbocycles. The largest absolute Gasteiger partial charge is 0.469 e. The average Bonchev–Trinajstić information content (AvgIpc) is 3.22. The van der Waals surface area contributed by atoms with E-state index in [2.05, 4.69) is 0 Å². The summed E-state index contributed by atoms with van der Waals surface area (Å²) in [6.07, 6.45) is 1.34. The summed E-state index contributed by atoms with van der Waals surface area (Å²) in [7, 11) is 1.36. The second-order valence-corrected chi connectivity index (χ2v) is 7.32. The molecule has 0 radical (unpaired) electrons. The maximum atomic E-state index is 13.6. The number of hydrogen-bond acceptors (Lipinski definition) is 4. The zero-order valence-corrected chi connectivity index (χ0v) is 15.8. The molecule has 0 bridgehead atoms. The fraction of sp³-hybridized carbons (Fsp3) is 0.304. The van der Waals surface area contributed by atoms with Crippen LogP contribution in [0.4, 0.5) is 0 Å². The number of nitrogens with zero attached hydrogens (tertiary/aromatic N) is 1. The van der Waals surface area contributed by atoms with Crippen molar-refractivity contribution >= 4 is 23.0 Å². The molecule has 1 N–H and O–H groups in total. The molecule has 0 spiro atoms. The van der Waals surface area contributed by atoms with Crippen molar-refractivity contribution in [3.63, 3.8) is 0 Å². The van der Waals surface area contributed by atoms with Gasteiger partial charge in [-0.2, -0.15) is 0 Å². The van der Waals surface area contributed by atoms with Crippen LogP contribution >= 0.6 is 0 Å². The number of ether oxygens (including phenoxy) is 1. The standard InChI is InChI=1S/C23H23NO4/c1-28-19(26)14-23-13-12-18(15-25)24(23)22(27)20(16-8-4-2-5-9-16)21(23)17-10-6-3-7-11-17/h2-11,18,25H,12-15H2,1H3/t18-,23-/m0/s1. The van der Waals surface area contributed by atoms with Crippen LogP contribution in [0.5, 0.6) is 0 Å². The molecule has 0 aliphatic carbocycles. The maximum absolute atomic E-state index is 13.6. The van der Waals surface area contributed by atoms with Crippen LogP contribution in [0.3, 0.4) is 0 Å². The Kier molecular flexibility index (Phi) is 4.77. The van der Waals surface area contributed by atoms with E-state index in [1.54, 1.807) is 4.90 Å². The Morgan fingerprint density at radius 1 is 1.11 bits per heavy atom. The number of carbonyl (C=O) groups is 2. The molecule has 1 saturated heterocycles. The molecule has 2 atom stereocenters. The van der Waals surface area contributed by atoms with Crippen LogP contribution in [0.15, 0.2) is 60.7 Å². The van der Waals surface area contributed by atoms with Gasteiger partial charge in [0.15, 0.2) is 0 Å². The number of fused-ring (bicyclic) bond motifs is 1. The summed E-state index contributed by atoms with van der Waals surface area (Å²) >= 11 is 0. The molecule has 2 heterocycles. The van der Waals surface area contributed by atoms with Gasteiger partial charge in [0.1, 0.15) is 0 Å². The SMILES string of the molecule is COC(=O)C[C@]12CC[C@@H](CO)N1C(=O)C(c1ccccc1)=C2c1ccccc1. The van der Waals surface area contributed by atoms with Gasteiger partial charge < -0.3 is 14.7 Å². The van der Waals surface area contributed by atoms with Gasteiger partial charge in [0.25, 0.3) is 5.91 Å². The number of rotatable bonds is 5. The molecule has 5 heteroatoms. The van der Waals surface area contributed by atoms with Gasteiger partial charge in [-0.15, -0.1) is 0 Å². The fourth-order valence-electron chi connectivity index (χ4n) is 4.71. The number of methoxy groups -OCH3 is 1. The maximum Gasteiger partial charge on any atom is 0.308 e. The first-order valence-corrected chi connectivity index (χ1v) is 9.49. The molecular formula is C23H23NO4. The summed E-state index contributed by atoms with van der Waals surface area (Å²) in [6, 6.07) is 19.0. The molecule has 1 fully saturated rings. The topological polar surface area (TPSA) is 66.8 Å². The first-order chi connectivity index (χ1) is 13.6. The van der Waals surface area contributed by atoms with E-state index in [9.17, 15) is 14.7 Å². The molecule has 2 aromatic rings. The second kappa shape index (κ2) is 7.24. The van der Waals surface area contributed by atoms with E-state index in [4.69, 9.17) is 4.74 Å². The molecule has 5 nitrogen and oxygen atoms in total. The Labute approximate surface area is 164 Å². The van der Waals surface area contributed by atoms with Crippen molar-refractivity contribution in [1.29, 1.82) is 0 Å². The molecule has 2 aliphatic heterocycles. The van der Waals surface area contributed by atoms with Crippen molar-refractivity contribution in [3.05, 3.63) is 71.8 Å². The quantitative estimate of drug-likeness (QED) is 0.814. The van der Waals surface area contributed by atoms with Crippen LogP contribution in [0.1, 0.15) is 30.4 Å². The highest BCUT2D eigenvalue weighted by Crippen LogP contribution is 2.54. The van der Waals surface area contributed by atoms with Crippen molar-refractivity contribution in [1.82, 2.24) is 4.90 Å². The number of carbonyl (C=O) groups excluding carboxylic acids is 2. The number of aliphatic hydroxyl groups excluding tert-OH is 1. The molecule has 28 heavy (non-hydrogen) atoms. The molecule has 1 amide bonds. The predicted molar refractivity (Wildman–Crippen MR) is 106 cm³/mol. The van der Waals surface area contributed by atoms with E-state index in [1.807, 2.05) is 60.7 Å². The Morgan fingerprint density at radius 3 is 2.29 bits per heavy atom. The number of aliphatic hydroxyl groups is 1. The molecule has 2 aromatic carbocycles. The lowest BCUT2D eigenvalue weighted by atomic mass is 9.79. The Morgan fingerprint density at radius 2 is 1.71 bits per heavy atom. The smallest absolute Gasteiger partial charge is 0.308 e. The van der Waals surface area contributed by atoms with E-state index in [0.717, 1.165) is 16.7 Å². The van der Waals surface area contributed by atoms with E-state index >= 15 is 0 Å². The summed E-state index contributed by atoms with van der Waals surface area (Å²) in [6.45, 7) is -0.126. The fourth-order valence-corrected chi connectivity index (χ4v) is 4.71. The van der Waals surface area contributed by atoms with E-state index in [0.29, 0.717) is 18.4 Å². The van der Waals surface area contributed by atoms with E-state index in [-0.39, 0.29) is 30.9 Å². The first-order valence-electron chi connectivity index (χ1n) is 9.49. The number of esters is 1. The van der Waals surface area contributed by atoms with Crippen molar-refractivity contribution in [3.8, 4) is 0 Å². The number of benzene rings is 2. The van der Waals surface area contributed by atoms with Crippen LogP contribution in [-0.2, 0) is 14.3 Å². The lowest BCUT2D eigenvalue weighted by molar-refractivity contribution is -0.144. The van der Waals surface area contributed by atoms with Crippen molar-refractivity contribution < 1.29 is 19.4 Å². The van der Waals surface area contributed by atoms with Crippen LogP contribution in [0.2, 0.25) is 0 Å². The normalized spacial score (nSPS) is 23.9. The number of hydrogen-bond donors (Lipinski definition) is 1. The number of amides is 1. The minimum Gasteiger partial charge on any atom is -0.469 e.